The van der Waals surface area contributed by atoms with Crippen LogP contribution < -0.4 is 4.90 Å². The summed E-state index contributed by atoms with van der Waals surface area (Å²) in [5.41, 5.74) is 6.11. The number of amides is 1. The first-order valence-corrected chi connectivity index (χ1v) is 9.42. The SMILES string of the molecule is Cc1cc(-c2ccc(N(C)CCO)cc2)nc2ccc(CC(=O)N(C)C)cc12. The van der Waals surface area contributed by atoms with Crippen molar-refractivity contribution in [1.29, 1.82) is 0 Å². The number of rotatable bonds is 6. The maximum absolute atomic E-state index is 12.0. The van der Waals surface area contributed by atoms with E-state index in [2.05, 4.69) is 31.2 Å². The molecular formula is C23H27N3O2. The third-order valence-electron chi connectivity index (χ3n) is 4.97. The Morgan fingerprint density at radius 2 is 1.75 bits per heavy atom. The molecule has 1 amide bonds. The predicted molar refractivity (Wildman–Crippen MR) is 115 cm³/mol. The maximum atomic E-state index is 12.0. The second-order valence-electron chi connectivity index (χ2n) is 7.33. The van der Waals surface area contributed by atoms with Crippen LogP contribution in [0.2, 0.25) is 0 Å². The molecule has 5 nitrogen and oxygen atoms in total. The third-order valence-corrected chi connectivity index (χ3v) is 4.97. The summed E-state index contributed by atoms with van der Waals surface area (Å²) in [6.45, 7) is 2.81. The Morgan fingerprint density at radius 1 is 1.04 bits per heavy atom. The van der Waals surface area contributed by atoms with Gasteiger partial charge in [0.15, 0.2) is 0 Å². The second kappa shape index (κ2) is 8.40. The summed E-state index contributed by atoms with van der Waals surface area (Å²) < 4.78 is 0. The van der Waals surface area contributed by atoms with Crippen LogP contribution in [0.1, 0.15) is 11.1 Å². The summed E-state index contributed by atoms with van der Waals surface area (Å²) in [5.74, 6) is 0.0906. The molecule has 0 aliphatic rings. The second-order valence-corrected chi connectivity index (χ2v) is 7.33. The number of hydrogen-bond acceptors (Lipinski definition) is 4. The number of likely N-dealkylation sites (N-methyl/N-ethyl adjacent to an activating group) is 2. The molecule has 2 aromatic carbocycles. The molecule has 28 heavy (non-hydrogen) atoms. The number of aromatic nitrogens is 1. The van der Waals surface area contributed by atoms with Gasteiger partial charge >= 0.3 is 0 Å². The Kier molecular flexibility index (Phi) is 5.95. The number of fused-ring (bicyclic) bond motifs is 1. The quantitative estimate of drug-likeness (QED) is 0.716. The van der Waals surface area contributed by atoms with Crippen molar-refractivity contribution in [2.24, 2.45) is 0 Å². The highest BCUT2D eigenvalue weighted by molar-refractivity contribution is 5.87. The zero-order valence-electron chi connectivity index (χ0n) is 16.9. The molecule has 0 atom stereocenters. The minimum absolute atomic E-state index is 0.0906. The summed E-state index contributed by atoms with van der Waals surface area (Å²) in [7, 11) is 5.51. The predicted octanol–water partition coefficient (Wildman–Crippen LogP) is 3.27. The lowest BCUT2D eigenvalue weighted by Crippen LogP contribution is -2.23. The number of aliphatic hydroxyl groups is 1. The minimum atomic E-state index is 0.0906. The zero-order chi connectivity index (χ0) is 20.3. The summed E-state index contributed by atoms with van der Waals surface area (Å²) in [5, 5.41) is 10.2. The molecular weight excluding hydrogens is 350 g/mol. The van der Waals surface area contributed by atoms with Gasteiger partial charge in [0.05, 0.1) is 24.2 Å². The van der Waals surface area contributed by atoms with Crippen LogP contribution in [0.5, 0.6) is 0 Å². The first-order chi connectivity index (χ1) is 13.4. The molecule has 0 spiro atoms. The highest BCUT2D eigenvalue weighted by Crippen LogP contribution is 2.27. The van der Waals surface area contributed by atoms with Crippen LogP contribution in [0.4, 0.5) is 5.69 Å². The van der Waals surface area contributed by atoms with Crippen molar-refractivity contribution >= 4 is 22.5 Å². The third kappa shape index (κ3) is 4.31. The van der Waals surface area contributed by atoms with Crippen molar-refractivity contribution in [1.82, 2.24) is 9.88 Å². The molecule has 0 saturated heterocycles. The van der Waals surface area contributed by atoms with Crippen LogP contribution in [0.3, 0.4) is 0 Å². The van der Waals surface area contributed by atoms with Gasteiger partial charge in [0.2, 0.25) is 5.91 Å². The normalized spacial score (nSPS) is 10.9. The molecule has 1 aromatic heterocycles. The number of carbonyl (C=O) groups excluding carboxylic acids is 1. The lowest BCUT2D eigenvalue weighted by Gasteiger charge is -2.18. The molecule has 0 bridgehead atoms. The Bertz CT molecular complexity index is 981. The standard InChI is InChI=1S/C23H27N3O2/c1-16-13-22(18-6-8-19(9-7-18)26(4)11-12-27)24-21-10-5-17(14-20(16)21)15-23(28)25(2)3/h5-10,13-14,27H,11-12,15H2,1-4H3. The number of pyridine rings is 1. The van der Waals surface area contributed by atoms with E-state index in [0.717, 1.165) is 39.0 Å². The Hall–Kier alpha value is -2.92. The number of aryl methyl sites for hydroxylation is 1. The van der Waals surface area contributed by atoms with E-state index in [1.165, 1.54) is 0 Å². The molecule has 0 aliphatic heterocycles. The van der Waals surface area contributed by atoms with Crippen molar-refractivity contribution in [2.45, 2.75) is 13.3 Å². The molecule has 0 fully saturated rings. The van der Waals surface area contributed by atoms with Crippen LogP contribution >= 0.6 is 0 Å². The molecule has 3 rings (SSSR count). The summed E-state index contributed by atoms with van der Waals surface area (Å²) >= 11 is 0. The van der Waals surface area contributed by atoms with Gasteiger partial charge in [-0.1, -0.05) is 18.2 Å². The number of benzene rings is 2. The van der Waals surface area contributed by atoms with E-state index < -0.39 is 0 Å². The average molecular weight is 377 g/mol. The van der Waals surface area contributed by atoms with Crippen LogP contribution in [0, 0.1) is 6.92 Å². The topological polar surface area (TPSA) is 56.7 Å². The van der Waals surface area contributed by atoms with Gasteiger partial charge in [-0.2, -0.15) is 0 Å². The molecule has 146 valence electrons. The lowest BCUT2D eigenvalue weighted by atomic mass is 10.0. The van der Waals surface area contributed by atoms with Gasteiger partial charge in [-0.05, 0) is 48.4 Å². The van der Waals surface area contributed by atoms with Crippen LogP contribution in [-0.2, 0) is 11.2 Å². The van der Waals surface area contributed by atoms with Gasteiger partial charge < -0.3 is 14.9 Å². The molecule has 0 radical (unpaired) electrons. The van der Waals surface area contributed by atoms with Crippen molar-refractivity contribution in [3.8, 4) is 11.3 Å². The number of aliphatic hydroxyl groups excluding tert-OH is 1. The summed E-state index contributed by atoms with van der Waals surface area (Å²) in [6.07, 6.45) is 0.396. The molecule has 1 heterocycles. The summed E-state index contributed by atoms with van der Waals surface area (Å²) in [4.78, 5) is 20.4. The van der Waals surface area contributed by atoms with E-state index in [0.29, 0.717) is 13.0 Å². The fourth-order valence-corrected chi connectivity index (χ4v) is 3.20. The van der Waals surface area contributed by atoms with E-state index in [4.69, 9.17) is 10.1 Å². The monoisotopic (exact) mass is 377 g/mol. The Labute approximate surface area is 166 Å². The molecule has 0 unspecified atom stereocenters. The zero-order valence-corrected chi connectivity index (χ0v) is 16.9. The smallest absolute Gasteiger partial charge is 0.226 e. The van der Waals surface area contributed by atoms with Crippen molar-refractivity contribution < 1.29 is 9.90 Å². The van der Waals surface area contributed by atoms with Gasteiger partial charge in [0, 0.05) is 44.3 Å². The fourth-order valence-electron chi connectivity index (χ4n) is 3.20. The van der Waals surface area contributed by atoms with Crippen LogP contribution in [0.25, 0.3) is 22.2 Å². The van der Waals surface area contributed by atoms with Crippen LogP contribution in [-0.4, -0.2) is 55.2 Å². The van der Waals surface area contributed by atoms with Gasteiger partial charge in [-0.3, -0.25) is 4.79 Å². The highest BCUT2D eigenvalue weighted by Gasteiger charge is 2.10. The van der Waals surface area contributed by atoms with Gasteiger partial charge in [-0.15, -0.1) is 0 Å². The number of nitrogens with zero attached hydrogens (tertiary/aromatic N) is 3. The molecule has 0 saturated carbocycles. The highest BCUT2D eigenvalue weighted by atomic mass is 16.3. The number of carbonyl (C=O) groups is 1. The Balaban J connectivity index is 1.90. The van der Waals surface area contributed by atoms with E-state index in [-0.39, 0.29) is 12.5 Å². The average Bonchev–Trinajstić information content (AvgIpc) is 2.68. The van der Waals surface area contributed by atoms with E-state index in [1.54, 1.807) is 19.0 Å². The van der Waals surface area contributed by atoms with Gasteiger partial charge in [0.25, 0.3) is 0 Å². The van der Waals surface area contributed by atoms with Crippen molar-refractivity contribution in [2.75, 3.05) is 39.2 Å². The number of hydrogen-bond donors (Lipinski definition) is 1. The van der Waals surface area contributed by atoms with E-state index >= 15 is 0 Å². The van der Waals surface area contributed by atoms with E-state index in [9.17, 15) is 4.79 Å². The maximum Gasteiger partial charge on any atom is 0.226 e. The van der Waals surface area contributed by atoms with E-state index in [1.807, 2.05) is 36.2 Å². The van der Waals surface area contributed by atoms with Gasteiger partial charge in [-0.25, -0.2) is 4.98 Å². The fraction of sp³-hybridized carbons (Fsp3) is 0.304. The van der Waals surface area contributed by atoms with Crippen LogP contribution in [0.15, 0.2) is 48.5 Å². The summed E-state index contributed by atoms with van der Waals surface area (Å²) in [6, 6.07) is 16.3. The molecule has 0 aliphatic carbocycles. The van der Waals surface area contributed by atoms with Gasteiger partial charge in [0.1, 0.15) is 0 Å². The number of anilines is 1. The lowest BCUT2D eigenvalue weighted by molar-refractivity contribution is -0.127. The first kappa shape index (κ1) is 19.8. The molecule has 1 N–H and O–H groups in total. The first-order valence-electron chi connectivity index (χ1n) is 9.42. The van der Waals surface area contributed by atoms with Crippen molar-refractivity contribution in [3.63, 3.8) is 0 Å². The molecule has 3 aromatic rings. The molecule has 5 heteroatoms. The van der Waals surface area contributed by atoms with Crippen molar-refractivity contribution in [3.05, 3.63) is 59.7 Å². The Morgan fingerprint density at radius 3 is 2.39 bits per heavy atom. The minimum Gasteiger partial charge on any atom is -0.395 e. The largest absolute Gasteiger partial charge is 0.395 e.